The highest BCUT2D eigenvalue weighted by Gasteiger charge is 2.42. The number of ether oxygens (including phenoxy) is 1. The van der Waals surface area contributed by atoms with Crippen LogP contribution in [0, 0.1) is 0 Å². The van der Waals surface area contributed by atoms with Gasteiger partial charge in [0.25, 0.3) is 0 Å². The molecule has 0 aliphatic carbocycles. The van der Waals surface area contributed by atoms with Crippen molar-refractivity contribution >= 4 is 56.3 Å². The zero-order chi connectivity index (χ0) is 24.8. The van der Waals surface area contributed by atoms with E-state index in [0.717, 1.165) is 34.1 Å². The zero-order valence-electron chi connectivity index (χ0n) is 20.2. The number of aromatic nitrogens is 2. The van der Waals surface area contributed by atoms with Gasteiger partial charge in [-0.2, -0.15) is 0 Å². The summed E-state index contributed by atoms with van der Waals surface area (Å²) in [6.07, 6.45) is 2.31. The molecule has 0 spiro atoms. The van der Waals surface area contributed by atoms with Crippen molar-refractivity contribution in [3.8, 4) is 0 Å². The van der Waals surface area contributed by atoms with E-state index in [4.69, 9.17) is 4.74 Å². The number of fused-ring (bicyclic) bond motifs is 4. The van der Waals surface area contributed by atoms with Crippen LogP contribution in [-0.4, -0.2) is 45.2 Å². The van der Waals surface area contributed by atoms with E-state index in [2.05, 4.69) is 58.9 Å². The van der Waals surface area contributed by atoms with E-state index in [1.807, 2.05) is 30.5 Å². The Morgan fingerprint density at radius 2 is 1.81 bits per heavy atom. The quantitative estimate of drug-likeness (QED) is 0.308. The van der Waals surface area contributed by atoms with Gasteiger partial charge in [0, 0.05) is 51.9 Å². The summed E-state index contributed by atoms with van der Waals surface area (Å²) in [5, 5.41) is 3.20. The molecule has 1 aliphatic rings. The first-order valence-corrected chi connectivity index (χ1v) is 13.2. The van der Waals surface area contributed by atoms with Crippen molar-refractivity contribution in [2.24, 2.45) is 0 Å². The van der Waals surface area contributed by atoms with E-state index >= 15 is 0 Å². The fraction of sp³-hybridized carbons (Fsp3) is 0.241. The summed E-state index contributed by atoms with van der Waals surface area (Å²) in [5.41, 5.74) is 5.36. The third kappa shape index (κ3) is 3.57. The second-order valence-electron chi connectivity index (χ2n) is 9.10. The predicted octanol–water partition coefficient (Wildman–Crippen LogP) is 5.65. The molecule has 3 heterocycles. The van der Waals surface area contributed by atoms with E-state index in [0.29, 0.717) is 12.2 Å². The summed E-state index contributed by atoms with van der Waals surface area (Å²) < 4.78 is 7.52. The van der Waals surface area contributed by atoms with Gasteiger partial charge in [-0.15, -0.1) is 11.8 Å². The van der Waals surface area contributed by atoms with Crippen LogP contribution in [0.2, 0.25) is 0 Å². The zero-order valence-corrected chi connectivity index (χ0v) is 21.0. The first-order valence-electron chi connectivity index (χ1n) is 12.2. The number of methoxy groups -OCH3 is 1. The molecule has 0 radical (unpaired) electrons. The molecule has 36 heavy (non-hydrogen) atoms. The van der Waals surface area contributed by atoms with Crippen molar-refractivity contribution < 1.29 is 14.3 Å². The first kappa shape index (κ1) is 22.7. The summed E-state index contributed by atoms with van der Waals surface area (Å²) >= 11 is 1.56. The molecule has 1 N–H and O–H groups in total. The molecule has 6 rings (SSSR count). The highest BCUT2D eigenvalue weighted by molar-refractivity contribution is 8.00. The Balaban J connectivity index is 1.42. The number of carbonyl (C=O) groups is 2. The molecule has 1 amide bonds. The normalized spacial score (nSPS) is 16.9. The van der Waals surface area contributed by atoms with Gasteiger partial charge in [0.05, 0.1) is 12.9 Å². The standard InChI is InChI=1S/C29H27N3O3S/c1-3-31-24-11-7-5-9-21(24)22-13-12-18(14-25(22)31)28-32(27(33)17-36-28)26(29(34)35-2)15-19-16-30-23-10-6-4-8-20(19)23/h4-14,16,26,28,30H,3,15,17H2,1-2H3. The van der Waals surface area contributed by atoms with Gasteiger partial charge < -0.3 is 19.2 Å². The maximum atomic E-state index is 13.2. The average molecular weight is 498 g/mol. The van der Waals surface area contributed by atoms with Gasteiger partial charge in [-0.3, -0.25) is 4.79 Å². The summed E-state index contributed by atoms with van der Waals surface area (Å²) in [5.74, 6) is -0.109. The summed E-state index contributed by atoms with van der Waals surface area (Å²) in [4.78, 5) is 31.3. The summed E-state index contributed by atoms with van der Waals surface area (Å²) in [6, 6.07) is 22.1. The highest BCUT2D eigenvalue weighted by atomic mass is 32.2. The molecule has 2 atom stereocenters. The number of nitrogens with one attached hydrogen (secondary N) is 1. The lowest BCUT2D eigenvalue weighted by Gasteiger charge is -2.31. The molecule has 0 saturated carbocycles. The largest absolute Gasteiger partial charge is 0.467 e. The topological polar surface area (TPSA) is 67.3 Å². The molecular weight excluding hydrogens is 470 g/mol. The molecular formula is C29H27N3O3S. The molecule has 1 aliphatic heterocycles. The fourth-order valence-corrected chi connectivity index (χ4v) is 6.74. The summed E-state index contributed by atoms with van der Waals surface area (Å²) in [7, 11) is 1.39. The number of para-hydroxylation sites is 2. The number of nitrogens with zero attached hydrogens (tertiary/aromatic N) is 2. The smallest absolute Gasteiger partial charge is 0.328 e. The van der Waals surface area contributed by atoms with Crippen LogP contribution in [0.5, 0.6) is 0 Å². The molecule has 2 aromatic heterocycles. The van der Waals surface area contributed by atoms with Crippen molar-refractivity contribution in [3.63, 3.8) is 0 Å². The van der Waals surface area contributed by atoms with Crippen LogP contribution >= 0.6 is 11.8 Å². The fourth-order valence-electron chi connectivity index (χ4n) is 5.53. The van der Waals surface area contributed by atoms with Crippen LogP contribution in [0.3, 0.4) is 0 Å². The number of rotatable bonds is 6. The second kappa shape index (κ2) is 9.06. The van der Waals surface area contributed by atoms with Crippen molar-refractivity contribution in [1.29, 1.82) is 0 Å². The number of carbonyl (C=O) groups excluding carboxylic acids is 2. The third-order valence-corrected chi connectivity index (χ3v) is 8.43. The van der Waals surface area contributed by atoms with E-state index in [9.17, 15) is 9.59 Å². The molecule has 6 nitrogen and oxygen atoms in total. The van der Waals surface area contributed by atoms with Crippen LogP contribution in [-0.2, 0) is 27.3 Å². The molecule has 2 unspecified atom stereocenters. The molecule has 3 aromatic carbocycles. The van der Waals surface area contributed by atoms with Crippen LogP contribution in [0.4, 0.5) is 0 Å². The minimum Gasteiger partial charge on any atom is -0.467 e. The number of hydrogen-bond acceptors (Lipinski definition) is 4. The maximum absolute atomic E-state index is 13.2. The van der Waals surface area contributed by atoms with Gasteiger partial charge in [0.15, 0.2) is 0 Å². The minimum absolute atomic E-state index is 0.0450. The molecule has 182 valence electrons. The number of hydrogen-bond donors (Lipinski definition) is 1. The number of thioether (sulfide) groups is 1. The third-order valence-electron chi connectivity index (χ3n) is 7.20. The Bertz CT molecular complexity index is 1620. The SMILES string of the molecule is CCn1c2ccccc2c2ccc(C3SCC(=O)N3C(Cc3c[nH]c4ccccc34)C(=O)OC)cc21. The lowest BCUT2D eigenvalue weighted by atomic mass is 10.0. The van der Waals surface area contributed by atoms with E-state index < -0.39 is 12.0 Å². The Kier molecular flexibility index (Phi) is 5.72. The maximum Gasteiger partial charge on any atom is 0.328 e. The number of H-pyrrole nitrogens is 1. The van der Waals surface area contributed by atoms with Gasteiger partial charge in [0.1, 0.15) is 11.4 Å². The monoisotopic (exact) mass is 497 g/mol. The Morgan fingerprint density at radius 1 is 1.06 bits per heavy atom. The van der Waals surface area contributed by atoms with Crippen LogP contribution in [0.15, 0.2) is 72.9 Å². The van der Waals surface area contributed by atoms with Gasteiger partial charge in [-0.05, 0) is 36.2 Å². The van der Waals surface area contributed by atoms with Crippen LogP contribution in [0.1, 0.15) is 23.4 Å². The Hall–Kier alpha value is -3.71. The average Bonchev–Trinajstić information content (AvgIpc) is 3.59. The summed E-state index contributed by atoms with van der Waals surface area (Å²) in [6.45, 7) is 2.99. The number of aryl methyl sites for hydroxylation is 1. The second-order valence-corrected chi connectivity index (χ2v) is 10.2. The molecule has 0 bridgehead atoms. The van der Waals surface area contributed by atoms with E-state index in [1.165, 1.54) is 23.4 Å². The van der Waals surface area contributed by atoms with Gasteiger partial charge in [-0.25, -0.2) is 4.79 Å². The van der Waals surface area contributed by atoms with Crippen molar-refractivity contribution in [2.75, 3.05) is 12.9 Å². The Morgan fingerprint density at radius 3 is 2.61 bits per heavy atom. The molecule has 1 fully saturated rings. The Labute approximate surface area is 213 Å². The van der Waals surface area contributed by atoms with Crippen molar-refractivity contribution in [3.05, 3.63) is 84.1 Å². The van der Waals surface area contributed by atoms with Crippen LogP contribution in [0.25, 0.3) is 32.7 Å². The number of aromatic amines is 1. The minimum atomic E-state index is -0.713. The lowest BCUT2D eigenvalue weighted by Crippen LogP contribution is -2.45. The van der Waals surface area contributed by atoms with Crippen molar-refractivity contribution in [2.45, 2.75) is 31.3 Å². The highest BCUT2D eigenvalue weighted by Crippen LogP contribution is 2.43. The first-order chi connectivity index (χ1) is 17.6. The van der Waals surface area contributed by atoms with E-state index in [-0.39, 0.29) is 11.3 Å². The van der Waals surface area contributed by atoms with Gasteiger partial charge in [-0.1, -0.05) is 48.5 Å². The van der Waals surface area contributed by atoms with Gasteiger partial charge in [0.2, 0.25) is 5.91 Å². The number of amides is 1. The molecule has 5 aromatic rings. The van der Waals surface area contributed by atoms with Crippen molar-refractivity contribution in [1.82, 2.24) is 14.5 Å². The number of benzene rings is 3. The molecule has 7 heteroatoms. The molecule has 1 saturated heterocycles. The van der Waals surface area contributed by atoms with Gasteiger partial charge >= 0.3 is 5.97 Å². The lowest BCUT2D eigenvalue weighted by molar-refractivity contribution is -0.152. The van der Waals surface area contributed by atoms with Crippen LogP contribution < -0.4 is 0 Å². The predicted molar refractivity (Wildman–Crippen MR) is 145 cm³/mol. The number of esters is 1. The van der Waals surface area contributed by atoms with E-state index in [1.54, 1.807) is 16.7 Å².